The molecule has 0 amide bonds. The Hall–Kier alpha value is -10.9. The molecular weight excluding hydrogens is 1530 g/mol. The van der Waals surface area contributed by atoms with Crippen LogP contribution < -0.4 is 26.2 Å². The number of nitrogens with zero attached hydrogens (tertiary/aromatic N) is 4. The second-order valence-corrected chi connectivity index (χ2v) is 48.4. The van der Waals surface area contributed by atoms with Crippen molar-refractivity contribution in [1.29, 1.82) is 0 Å². The molecule has 0 atom stereocenters. The number of fused-ring (bicyclic) bond motifs is 10. The van der Waals surface area contributed by atoms with Crippen LogP contribution in [0.3, 0.4) is 0 Å². The minimum Gasteiger partial charge on any atom is -0.310 e. The van der Waals surface area contributed by atoms with Crippen LogP contribution in [-0.4, -0.2) is 15.8 Å². The minimum absolute atomic E-state index is 0.0145. The van der Waals surface area contributed by atoms with E-state index < -0.39 is 41.7 Å². The summed E-state index contributed by atoms with van der Waals surface area (Å²) in [6.07, 6.45) is 0. The van der Waals surface area contributed by atoms with Gasteiger partial charge in [-0.05, 0) is 256 Å². The van der Waals surface area contributed by atoms with Crippen molar-refractivity contribution in [1.82, 2.24) is 9.13 Å². The van der Waals surface area contributed by atoms with Gasteiger partial charge in [-0.25, -0.2) is 0 Å². The number of rotatable bonds is 8. The topological polar surface area (TPSA) is 16.3 Å². The molecule has 15 aromatic rings. The summed E-state index contributed by atoms with van der Waals surface area (Å²) in [5, 5.41) is 2.40. The summed E-state index contributed by atoms with van der Waals surface area (Å²) >= 11 is 0. The first-order valence-corrected chi connectivity index (χ1v) is 46.3. The predicted octanol–water partition coefficient (Wildman–Crippen LogP) is 32.9. The van der Waals surface area contributed by atoms with Gasteiger partial charge in [0.05, 0.1) is 44.4 Å². The van der Waals surface area contributed by atoms with Crippen molar-refractivity contribution < 1.29 is 11.0 Å². The smallest absolute Gasteiger partial charge is 0.252 e. The third-order valence-electron chi connectivity index (χ3n) is 27.4. The van der Waals surface area contributed by atoms with Gasteiger partial charge in [0.25, 0.3) is 6.71 Å². The molecule has 0 aliphatic carbocycles. The van der Waals surface area contributed by atoms with Gasteiger partial charge in [0.15, 0.2) is 0 Å². The SMILES string of the molecule is [2H]c1c([2H])c([2H])c2c(c1[2H])c1c([2H])c([2H])c([2H])c([2H])c1n2-c1ccc2c(c1)N(c1c(-c3ccc(C(C)(C)C)cc3)cc(C(C)(C)C)cc1-c1cc(C(C)(C)C)cc(C(C)(C)C)c1)c1cc(C(C)(C)C)cc3c1B2c1ccc(-n2c4ccc(C(C)(C)C)cc4c4cc(C(C)(C)C)ccc42)cc1N3c1c(-c2ccc(C(C)(C)C)cc2)cc(C(C)(C)C)cc1-c1c(C(C)(C)C)cccc1C(C)(C)C. The van der Waals surface area contributed by atoms with Crippen LogP contribution in [0.5, 0.6) is 0 Å². The van der Waals surface area contributed by atoms with Gasteiger partial charge in [-0.15, -0.1) is 0 Å². The van der Waals surface area contributed by atoms with Gasteiger partial charge in [0, 0.05) is 77.9 Å². The van der Waals surface area contributed by atoms with Crippen molar-refractivity contribution in [2.45, 2.75) is 288 Å². The predicted molar refractivity (Wildman–Crippen MR) is 557 cm³/mol. The van der Waals surface area contributed by atoms with E-state index in [4.69, 9.17) is 0 Å². The fraction of sp³-hybridized carbons (Fsp3) is 0.361. The number of hydrogen-bond donors (Lipinski definition) is 0. The lowest BCUT2D eigenvalue weighted by molar-refractivity contribution is 0.568. The summed E-state index contributed by atoms with van der Waals surface area (Å²) in [5.41, 5.74) is 30.9. The van der Waals surface area contributed by atoms with Gasteiger partial charge in [-0.2, -0.15) is 0 Å². The Balaban J connectivity index is 1.16. The molecule has 0 saturated heterocycles. The van der Waals surface area contributed by atoms with Crippen LogP contribution in [0.2, 0.25) is 0 Å². The molecule has 2 aliphatic heterocycles. The summed E-state index contributed by atoms with van der Waals surface area (Å²) in [4.78, 5) is 5.31. The molecule has 2 aromatic heterocycles. The second-order valence-electron chi connectivity index (χ2n) is 48.4. The average molecular weight is 1680 g/mol. The van der Waals surface area contributed by atoms with Gasteiger partial charge in [0.1, 0.15) is 0 Å². The van der Waals surface area contributed by atoms with E-state index in [1.54, 1.807) is 4.57 Å². The molecule has 0 saturated carbocycles. The molecule has 17 rings (SSSR count). The van der Waals surface area contributed by atoms with Crippen molar-refractivity contribution >= 4 is 101 Å². The van der Waals surface area contributed by atoms with Crippen molar-refractivity contribution in [3.63, 3.8) is 0 Å². The third-order valence-corrected chi connectivity index (χ3v) is 27.4. The van der Waals surface area contributed by atoms with Crippen molar-refractivity contribution in [2.24, 2.45) is 0 Å². The zero-order valence-electron chi connectivity index (χ0n) is 90.3. The molecule has 0 bridgehead atoms. The monoisotopic (exact) mass is 1680 g/mol. The standard InChI is InChI=1S/C122H139BN4/c1-112(2,3)77-49-45-74(46-50-77)90-66-83(118(19,20)21)68-92(76-61-81(116(13,14)15)63-82(62-76)117(16,17)18)110(90)126-104-72-86(124-100-43-36-34-39-88(100)89-40-35-37-44-101(89)124)55-57-98(104)123-99-58-56-87(125-102-59-53-79(114(7,8)9)64-93(102)94-65-80(115(10,11)12)54-60-103(94)125)73-105(99)127(107-71-85(120(25,26)27)70-106(126)109(107)123)111-91(75-47-51-78(52-48-75)113(4,5)6)67-84(119(22,23)24)69-95(111)108-96(121(28,29)30)41-38-42-97(108)122(31,32)33/h34-73H,1-33H3/i34D,35D,36D,37D,39D,40D,43D,44D. The molecule has 0 spiro atoms. The highest BCUT2D eigenvalue weighted by molar-refractivity contribution is 7.00. The zero-order valence-corrected chi connectivity index (χ0v) is 82.3. The quantitative estimate of drug-likeness (QED) is 0.141. The largest absolute Gasteiger partial charge is 0.310 e. The molecule has 650 valence electrons. The van der Waals surface area contributed by atoms with Crippen LogP contribution in [-0.2, 0) is 59.6 Å². The molecule has 2 aliphatic rings. The summed E-state index contributed by atoms with van der Waals surface area (Å²) in [7, 11) is 0. The minimum atomic E-state index is -0.568. The summed E-state index contributed by atoms with van der Waals surface area (Å²) in [6, 6.07) is 72.8. The highest BCUT2D eigenvalue weighted by atomic mass is 15.2. The number of hydrogen-bond acceptors (Lipinski definition) is 2. The maximum absolute atomic E-state index is 10.2. The molecule has 5 heteroatoms. The van der Waals surface area contributed by atoms with Gasteiger partial charge in [-0.1, -0.05) is 374 Å². The van der Waals surface area contributed by atoms with Crippen molar-refractivity contribution in [2.75, 3.05) is 9.80 Å². The Morgan fingerprint density at radius 1 is 0.236 bits per heavy atom. The van der Waals surface area contributed by atoms with Crippen LogP contribution in [0.1, 0.15) is 301 Å². The number of para-hydroxylation sites is 2. The van der Waals surface area contributed by atoms with Crippen molar-refractivity contribution in [3.8, 4) is 55.9 Å². The Labute approximate surface area is 773 Å². The van der Waals surface area contributed by atoms with Crippen molar-refractivity contribution in [3.05, 3.63) is 304 Å². The fourth-order valence-electron chi connectivity index (χ4n) is 19.6. The van der Waals surface area contributed by atoms with Gasteiger partial charge >= 0.3 is 0 Å². The van der Waals surface area contributed by atoms with E-state index in [-0.39, 0.29) is 94.7 Å². The van der Waals surface area contributed by atoms with E-state index in [1.165, 1.54) is 66.4 Å². The normalized spacial score (nSPS) is 14.9. The Kier molecular flexibility index (Phi) is 18.4. The number of anilines is 6. The van der Waals surface area contributed by atoms with Gasteiger partial charge < -0.3 is 18.9 Å². The summed E-state index contributed by atoms with van der Waals surface area (Å²) in [5.74, 6) is 0. The molecule has 4 nitrogen and oxygen atoms in total. The lowest BCUT2D eigenvalue weighted by Crippen LogP contribution is -2.61. The highest BCUT2D eigenvalue weighted by Crippen LogP contribution is 2.59. The fourth-order valence-corrected chi connectivity index (χ4v) is 19.6. The Morgan fingerprint density at radius 2 is 0.551 bits per heavy atom. The first kappa shape index (κ1) is 78.4. The van der Waals surface area contributed by atoms with E-state index in [0.29, 0.717) is 5.69 Å². The third kappa shape index (κ3) is 15.6. The van der Waals surface area contributed by atoms with Crippen LogP contribution in [0.4, 0.5) is 34.1 Å². The maximum Gasteiger partial charge on any atom is 0.252 e. The molecule has 0 unspecified atom stereocenters. The average Bonchev–Trinajstić information content (AvgIpc) is 1.45. The van der Waals surface area contributed by atoms with Crippen LogP contribution >= 0.6 is 0 Å². The molecular formula is C122H139BN4. The summed E-state index contributed by atoms with van der Waals surface area (Å²) in [6.45, 7) is 76.3. The first-order valence-electron chi connectivity index (χ1n) is 50.3. The molecule has 0 N–H and O–H groups in total. The molecule has 0 radical (unpaired) electrons. The highest BCUT2D eigenvalue weighted by Gasteiger charge is 2.48. The van der Waals surface area contributed by atoms with E-state index in [2.05, 4.69) is 431 Å². The molecule has 13 aromatic carbocycles. The van der Waals surface area contributed by atoms with Gasteiger partial charge in [0.2, 0.25) is 0 Å². The lowest BCUT2D eigenvalue weighted by atomic mass is 9.33. The van der Waals surface area contributed by atoms with E-state index in [0.717, 1.165) is 117 Å². The maximum atomic E-state index is 10.2. The Morgan fingerprint density at radius 3 is 0.913 bits per heavy atom. The van der Waals surface area contributed by atoms with Crippen LogP contribution in [0, 0.1) is 0 Å². The van der Waals surface area contributed by atoms with Crippen LogP contribution in [0.15, 0.2) is 242 Å². The summed E-state index contributed by atoms with van der Waals surface area (Å²) < 4.78 is 82.1. The molecule has 0 fully saturated rings. The van der Waals surface area contributed by atoms with E-state index in [1.807, 2.05) is 6.07 Å². The lowest BCUT2D eigenvalue weighted by Gasteiger charge is -2.47. The van der Waals surface area contributed by atoms with E-state index in [9.17, 15) is 11.0 Å². The zero-order chi connectivity index (χ0) is 98.6. The number of aromatic nitrogens is 2. The van der Waals surface area contributed by atoms with E-state index >= 15 is 0 Å². The number of benzene rings is 13. The Bertz CT molecular complexity index is 7230. The van der Waals surface area contributed by atoms with Crippen LogP contribution in [0.25, 0.3) is 99.5 Å². The second kappa shape index (κ2) is 29.9. The first-order chi connectivity index (χ1) is 62.3. The molecule has 4 heterocycles. The van der Waals surface area contributed by atoms with Gasteiger partial charge in [-0.3, -0.25) is 0 Å². The molecule has 127 heavy (non-hydrogen) atoms.